The Balaban J connectivity index is 0.00000161. The zero-order valence-electron chi connectivity index (χ0n) is 13.4. The predicted molar refractivity (Wildman–Crippen MR) is 83.9 cm³/mol. The van der Waals surface area contributed by atoms with Crippen LogP contribution in [0.15, 0.2) is 30.3 Å². The highest BCUT2D eigenvalue weighted by Crippen LogP contribution is 2.37. The van der Waals surface area contributed by atoms with Gasteiger partial charge in [0.05, 0.1) is 13.5 Å². The van der Waals surface area contributed by atoms with Gasteiger partial charge in [0.25, 0.3) is 0 Å². The summed E-state index contributed by atoms with van der Waals surface area (Å²) in [4.78, 5) is 0. The van der Waals surface area contributed by atoms with Gasteiger partial charge in [-0.15, -0.1) is 4.68 Å². The van der Waals surface area contributed by atoms with Gasteiger partial charge in [0.2, 0.25) is 0 Å². The molecule has 21 heavy (non-hydrogen) atoms. The van der Waals surface area contributed by atoms with Gasteiger partial charge in [-0.05, 0) is 24.3 Å². The molecule has 116 valence electrons. The highest BCUT2D eigenvalue weighted by molar-refractivity contribution is 5.84. The van der Waals surface area contributed by atoms with Crippen LogP contribution in [-0.4, -0.2) is 29.5 Å². The Morgan fingerprint density at radius 3 is 2.43 bits per heavy atom. The van der Waals surface area contributed by atoms with Crippen LogP contribution >= 0.6 is 0 Å². The van der Waals surface area contributed by atoms with Gasteiger partial charge < -0.3 is 24.0 Å². The Labute approximate surface area is 146 Å². The van der Waals surface area contributed by atoms with E-state index in [0.29, 0.717) is 6.04 Å². The molecular weight excluding hydrogens is 371 g/mol. The van der Waals surface area contributed by atoms with Crippen LogP contribution in [0.3, 0.4) is 0 Å². The molecule has 1 aromatic carbocycles. The minimum absolute atomic E-state index is 0. The van der Waals surface area contributed by atoms with Crippen molar-refractivity contribution in [2.45, 2.75) is 45.1 Å². The van der Waals surface area contributed by atoms with Crippen LogP contribution in [0.1, 0.15) is 50.6 Å². The Bertz CT molecular complexity index is 497. The summed E-state index contributed by atoms with van der Waals surface area (Å²) >= 11 is 0. The number of hydrazone groups is 1. The van der Waals surface area contributed by atoms with E-state index in [9.17, 15) is 0 Å². The van der Waals surface area contributed by atoms with Gasteiger partial charge in [0.15, 0.2) is 12.8 Å². The van der Waals surface area contributed by atoms with Gasteiger partial charge in [-0.3, -0.25) is 0 Å². The lowest BCUT2D eigenvalue weighted by Gasteiger charge is -2.26. The lowest BCUT2D eigenvalue weighted by atomic mass is 9.76. The molecule has 3 heteroatoms. The van der Waals surface area contributed by atoms with Gasteiger partial charge in [-0.1, -0.05) is 50.1 Å². The third-order valence-electron chi connectivity index (χ3n) is 5.47. The molecule has 0 radical (unpaired) electrons. The first-order valence-corrected chi connectivity index (χ1v) is 8.05. The number of hydrogen-bond acceptors (Lipinski definition) is 1. The van der Waals surface area contributed by atoms with Crippen molar-refractivity contribution >= 4 is 5.71 Å². The second-order valence-electron chi connectivity index (χ2n) is 6.59. The van der Waals surface area contributed by atoms with Crippen molar-refractivity contribution in [3.8, 4) is 0 Å². The van der Waals surface area contributed by atoms with E-state index in [1.165, 1.54) is 37.7 Å². The van der Waals surface area contributed by atoms with Gasteiger partial charge in [-0.2, -0.15) is 5.01 Å². The van der Waals surface area contributed by atoms with Gasteiger partial charge in [0, 0.05) is 5.92 Å². The highest BCUT2D eigenvalue weighted by Gasteiger charge is 2.41. The molecule has 3 atom stereocenters. The maximum absolute atomic E-state index is 2.44. The summed E-state index contributed by atoms with van der Waals surface area (Å²) < 4.78 is 2.43. The van der Waals surface area contributed by atoms with E-state index in [0.717, 1.165) is 11.8 Å². The number of benzene rings is 1. The predicted octanol–water partition coefficient (Wildman–Crippen LogP) is 0.892. The minimum Gasteiger partial charge on any atom is -1.00 e. The van der Waals surface area contributed by atoms with E-state index < -0.39 is 0 Å². The number of hydrazine groups is 1. The maximum Gasteiger partial charge on any atom is 0.188 e. The highest BCUT2D eigenvalue weighted by atomic mass is 127. The summed E-state index contributed by atoms with van der Waals surface area (Å²) in [6.07, 6.45) is 6.82. The molecule has 0 bridgehead atoms. The fourth-order valence-corrected chi connectivity index (χ4v) is 4.09. The lowest BCUT2D eigenvalue weighted by Crippen LogP contribution is -3.00. The number of nitrogens with zero attached hydrogens (tertiary/aromatic N) is 2. The Kier molecular flexibility index (Phi) is 5.69. The first-order valence-electron chi connectivity index (χ1n) is 8.05. The lowest BCUT2D eigenvalue weighted by molar-refractivity contribution is -0.662. The maximum atomic E-state index is 2.44. The summed E-state index contributed by atoms with van der Waals surface area (Å²) in [7, 11) is 4.48. The third-order valence-corrected chi connectivity index (χ3v) is 5.47. The molecule has 1 heterocycles. The molecule has 1 aromatic rings. The van der Waals surface area contributed by atoms with Crippen molar-refractivity contribution < 1.29 is 28.7 Å². The van der Waals surface area contributed by atoms with Crippen molar-refractivity contribution in [1.29, 1.82) is 0 Å². The monoisotopic (exact) mass is 398 g/mol. The SMILES string of the molecule is CC1CCCCC1C1=[N+](C)N(C)C(c2ccccc2)C1.[I-]. The topological polar surface area (TPSA) is 6.25 Å². The summed E-state index contributed by atoms with van der Waals surface area (Å²) in [5, 5.41) is 2.42. The average molecular weight is 398 g/mol. The Morgan fingerprint density at radius 1 is 1.10 bits per heavy atom. The van der Waals surface area contributed by atoms with Gasteiger partial charge in [0.1, 0.15) is 6.04 Å². The zero-order chi connectivity index (χ0) is 14.1. The van der Waals surface area contributed by atoms with Gasteiger partial charge >= 0.3 is 0 Å². The quantitative estimate of drug-likeness (QED) is 0.530. The van der Waals surface area contributed by atoms with Crippen molar-refractivity contribution in [3.63, 3.8) is 0 Å². The minimum atomic E-state index is 0. The molecule has 1 saturated carbocycles. The third kappa shape index (κ3) is 3.27. The molecule has 0 aromatic heterocycles. The summed E-state index contributed by atoms with van der Waals surface area (Å²) in [5.74, 6) is 1.65. The van der Waals surface area contributed by atoms with Crippen molar-refractivity contribution in [3.05, 3.63) is 35.9 Å². The molecule has 0 spiro atoms. The molecule has 2 aliphatic rings. The van der Waals surface area contributed by atoms with Crippen LogP contribution in [0, 0.1) is 11.8 Å². The average Bonchev–Trinajstić information content (AvgIpc) is 2.77. The molecular formula is C18H27IN2. The van der Waals surface area contributed by atoms with Crippen molar-refractivity contribution in [2.75, 3.05) is 14.1 Å². The molecule has 3 unspecified atom stereocenters. The van der Waals surface area contributed by atoms with E-state index in [1.807, 2.05) is 0 Å². The Morgan fingerprint density at radius 2 is 1.76 bits per heavy atom. The number of rotatable bonds is 2. The fraction of sp³-hybridized carbons (Fsp3) is 0.611. The van der Waals surface area contributed by atoms with Crippen LogP contribution < -0.4 is 24.0 Å². The second-order valence-corrected chi connectivity index (χ2v) is 6.59. The molecule has 2 nitrogen and oxygen atoms in total. The van der Waals surface area contributed by atoms with E-state index >= 15 is 0 Å². The molecule has 1 fully saturated rings. The van der Waals surface area contributed by atoms with E-state index in [2.05, 4.69) is 61.0 Å². The first kappa shape index (κ1) is 16.8. The smallest absolute Gasteiger partial charge is 0.188 e. The molecule has 0 saturated heterocycles. The fourth-order valence-electron chi connectivity index (χ4n) is 4.09. The molecule has 1 aliphatic carbocycles. The normalized spacial score (nSPS) is 29.5. The summed E-state index contributed by atoms with van der Waals surface area (Å²) in [6.45, 7) is 2.44. The molecule has 0 N–H and O–H groups in total. The van der Waals surface area contributed by atoms with Crippen LogP contribution in [-0.2, 0) is 0 Å². The first-order chi connectivity index (χ1) is 9.68. The van der Waals surface area contributed by atoms with Gasteiger partial charge in [-0.25, -0.2) is 0 Å². The summed E-state index contributed by atoms with van der Waals surface area (Å²) in [6, 6.07) is 11.5. The van der Waals surface area contributed by atoms with E-state index in [-0.39, 0.29) is 24.0 Å². The van der Waals surface area contributed by atoms with Crippen molar-refractivity contribution in [1.82, 2.24) is 5.01 Å². The molecule has 0 amide bonds. The zero-order valence-corrected chi connectivity index (χ0v) is 15.6. The number of halogens is 1. The van der Waals surface area contributed by atoms with Crippen LogP contribution in [0.25, 0.3) is 0 Å². The summed E-state index contributed by atoms with van der Waals surface area (Å²) in [5.41, 5.74) is 3.11. The number of hydrogen-bond donors (Lipinski definition) is 0. The largest absolute Gasteiger partial charge is 1.00 e. The molecule has 3 rings (SSSR count). The van der Waals surface area contributed by atoms with E-state index in [1.54, 1.807) is 5.71 Å². The van der Waals surface area contributed by atoms with E-state index in [4.69, 9.17) is 0 Å². The second kappa shape index (κ2) is 7.12. The van der Waals surface area contributed by atoms with Crippen LogP contribution in [0.2, 0.25) is 0 Å². The molecule has 1 aliphatic heterocycles. The standard InChI is InChI=1S/C18H27N2.HI/c1-14-9-7-8-12-16(14)18-13-17(19(2)20(18)3)15-10-5-4-6-11-15;/h4-6,10-11,14,16-17H,7-9,12-13H2,1-3H3;1H/q+1;/p-1. The van der Waals surface area contributed by atoms with Crippen LogP contribution in [0.5, 0.6) is 0 Å². The van der Waals surface area contributed by atoms with Crippen molar-refractivity contribution in [2.24, 2.45) is 11.8 Å². The Hall–Kier alpha value is -0.580. The van der Waals surface area contributed by atoms with Crippen LogP contribution in [0.4, 0.5) is 0 Å².